The Bertz CT molecular complexity index is 197. The molecule has 14 heavy (non-hydrogen) atoms. The van der Waals surface area contributed by atoms with Crippen molar-refractivity contribution in [1.82, 2.24) is 5.48 Å². The molecule has 0 fully saturated rings. The van der Waals surface area contributed by atoms with Gasteiger partial charge in [-0.3, -0.25) is 9.35 Å². The second-order valence-corrected chi connectivity index (χ2v) is 3.16. The van der Waals surface area contributed by atoms with Crippen LogP contribution in [0.5, 0.6) is 0 Å². The molecule has 0 rings (SSSR count). The molecule has 0 aromatic rings. The van der Waals surface area contributed by atoms with E-state index in [9.17, 15) is 9.00 Å². The highest BCUT2D eigenvalue weighted by atomic mass is 32.2. The molecule has 0 amide bonds. The van der Waals surface area contributed by atoms with Crippen LogP contribution in [0.25, 0.3) is 0 Å². The molecule has 0 aliphatic heterocycles. The molecule has 0 aromatic heterocycles. The molecular formula is C6H13NO6S. The van der Waals surface area contributed by atoms with Gasteiger partial charge in [0, 0.05) is 0 Å². The van der Waals surface area contributed by atoms with Gasteiger partial charge < -0.3 is 4.74 Å². The lowest BCUT2D eigenvalue weighted by atomic mass is 10.2. The normalized spacial score (nSPS) is 12.9. The van der Waals surface area contributed by atoms with Crippen molar-refractivity contribution in [3.63, 3.8) is 0 Å². The summed E-state index contributed by atoms with van der Waals surface area (Å²) in [6, 6.07) is 0. The summed E-state index contributed by atoms with van der Waals surface area (Å²) in [6.07, 6.45) is 0. The monoisotopic (exact) mass is 227 g/mol. The minimum absolute atomic E-state index is 0.0957. The minimum Gasteiger partial charge on any atom is -0.464 e. The SMILES string of the molecule is CC(C)C(=O)OCCNOOS(=O)O. The topological polar surface area (TPSA) is 94.1 Å². The maximum atomic E-state index is 10.9. The van der Waals surface area contributed by atoms with Crippen LogP contribution in [0.4, 0.5) is 0 Å². The molecule has 84 valence electrons. The molecule has 8 heteroatoms. The molecule has 2 N–H and O–H groups in total. The van der Waals surface area contributed by atoms with Gasteiger partial charge in [-0.1, -0.05) is 18.2 Å². The van der Waals surface area contributed by atoms with E-state index >= 15 is 0 Å². The van der Waals surface area contributed by atoms with Gasteiger partial charge in [-0.05, 0) is 0 Å². The zero-order valence-corrected chi connectivity index (χ0v) is 8.70. The Balaban J connectivity index is 3.22. The predicted octanol–water partition coefficient (Wildman–Crippen LogP) is -0.225. The van der Waals surface area contributed by atoms with E-state index in [-0.39, 0.29) is 25.0 Å². The summed E-state index contributed by atoms with van der Waals surface area (Å²) in [7, 11) is 0. The van der Waals surface area contributed by atoms with Crippen LogP contribution in [0.15, 0.2) is 0 Å². The fourth-order valence-corrected chi connectivity index (χ4v) is 0.561. The highest BCUT2D eigenvalue weighted by Gasteiger charge is 2.07. The molecule has 0 aliphatic rings. The van der Waals surface area contributed by atoms with Crippen LogP contribution in [0.1, 0.15) is 13.8 Å². The molecule has 1 unspecified atom stereocenters. The number of hydroxylamine groups is 1. The lowest BCUT2D eigenvalue weighted by molar-refractivity contribution is -0.255. The zero-order chi connectivity index (χ0) is 11.0. The van der Waals surface area contributed by atoms with E-state index in [0.717, 1.165) is 0 Å². The van der Waals surface area contributed by atoms with Crippen molar-refractivity contribution < 1.29 is 27.6 Å². The average molecular weight is 227 g/mol. The van der Waals surface area contributed by atoms with Crippen molar-refractivity contribution in [1.29, 1.82) is 0 Å². The van der Waals surface area contributed by atoms with Crippen molar-refractivity contribution in [2.24, 2.45) is 5.92 Å². The maximum absolute atomic E-state index is 10.9. The summed E-state index contributed by atoms with van der Waals surface area (Å²) in [5.74, 6) is -0.504. The van der Waals surface area contributed by atoms with Crippen molar-refractivity contribution in [3.8, 4) is 0 Å². The Morgan fingerprint density at radius 3 is 2.71 bits per heavy atom. The third kappa shape index (κ3) is 8.08. The standard InChI is InChI=1S/C6H13NO6S/c1-5(2)6(8)11-4-3-7-12-13-14(9)10/h5,7H,3-4H2,1-2H3,(H,9,10). The Morgan fingerprint density at radius 1 is 1.57 bits per heavy atom. The second-order valence-electron chi connectivity index (χ2n) is 2.59. The zero-order valence-electron chi connectivity index (χ0n) is 7.89. The smallest absolute Gasteiger partial charge is 0.332 e. The van der Waals surface area contributed by atoms with Crippen LogP contribution in [-0.2, 0) is 30.2 Å². The fourth-order valence-electron chi connectivity index (χ4n) is 0.455. The molecule has 1 atom stereocenters. The number of hydrogen-bond acceptors (Lipinski definition) is 6. The molecular weight excluding hydrogens is 214 g/mol. The van der Waals surface area contributed by atoms with Crippen LogP contribution in [0.2, 0.25) is 0 Å². The van der Waals surface area contributed by atoms with Crippen LogP contribution in [-0.4, -0.2) is 27.9 Å². The fraction of sp³-hybridized carbons (Fsp3) is 0.833. The summed E-state index contributed by atoms with van der Waals surface area (Å²) in [5.41, 5.74) is 2.16. The van der Waals surface area contributed by atoms with E-state index in [1.54, 1.807) is 13.8 Å². The second kappa shape index (κ2) is 7.83. The van der Waals surface area contributed by atoms with Crippen LogP contribution < -0.4 is 5.48 Å². The summed E-state index contributed by atoms with van der Waals surface area (Å²) in [6.45, 7) is 3.68. The Kier molecular flexibility index (Phi) is 7.52. The lowest BCUT2D eigenvalue weighted by Gasteiger charge is -2.06. The first-order valence-electron chi connectivity index (χ1n) is 3.88. The van der Waals surface area contributed by atoms with Crippen LogP contribution >= 0.6 is 0 Å². The van der Waals surface area contributed by atoms with E-state index in [2.05, 4.69) is 14.8 Å². The van der Waals surface area contributed by atoms with Gasteiger partial charge in [0.25, 0.3) is 0 Å². The van der Waals surface area contributed by atoms with Gasteiger partial charge in [0.1, 0.15) is 6.61 Å². The minimum atomic E-state index is -2.48. The van der Waals surface area contributed by atoms with Crippen LogP contribution in [0.3, 0.4) is 0 Å². The molecule has 0 radical (unpaired) electrons. The van der Waals surface area contributed by atoms with Crippen molar-refractivity contribution >= 4 is 17.3 Å². The number of rotatable bonds is 7. The Hall–Kier alpha value is -0.540. The first kappa shape index (κ1) is 13.5. The highest BCUT2D eigenvalue weighted by Crippen LogP contribution is 1.94. The first-order chi connectivity index (χ1) is 6.54. The van der Waals surface area contributed by atoms with E-state index < -0.39 is 11.4 Å². The van der Waals surface area contributed by atoms with Crippen molar-refractivity contribution in [2.45, 2.75) is 13.8 Å². The first-order valence-corrected chi connectivity index (χ1v) is 4.91. The molecule has 0 aliphatic carbocycles. The van der Waals surface area contributed by atoms with Gasteiger partial charge in [-0.15, -0.1) is 4.99 Å². The van der Waals surface area contributed by atoms with E-state index in [1.807, 2.05) is 0 Å². The number of nitrogens with one attached hydrogen (secondary N) is 1. The number of carbonyl (C=O) groups excluding carboxylic acids is 1. The average Bonchev–Trinajstić information content (AvgIpc) is 2.09. The predicted molar refractivity (Wildman–Crippen MR) is 46.7 cm³/mol. The summed E-state index contributed by atoms with van der Waals surface area (Å²) < 4.78 is 26.4. The summed E-state index contributed by atoms with van der Waals surface area (Å²) >= 11 is -2.48. The van der Waals surface area contributed by atoms with Gasteiger partial charge in [-0.25, -0.2) is 0 Å². The number of ether oxygens (including phenoxy) is 1. The molecule has 0 heterocycles. The Labute approximate surface area is 84.1 Å². The molecule has 0 spiro atoms. The largest absolute Gasteiger partial charge is 0.464 e. The maximum Gasteiger partial charge on any atom is 0.332 e. The van der Waals surface area contributed by atoms with Crippen molar-refractivity contribution in [3.05, 3.63) is 0 Å². The number of esters is 1. The van der Waals surface area contributed by atoms with Gasteiger partial charge in [0.05, 0.1) is 12.5 Å². The van der Waals surface area contributed by atoms with Gasteiger partial charge in [0.2, 0.25) is 0 Å². The lowest BCUT2D eigenvalue weighted by Crippen LogP contribution is -2.23. The third-order valence-electron chi connectivity index (χ3n) is 1.07. The van der Waals surface area contributed by atoms with Gasteiger partial charge in [0.15, 0.2) is 0 Å². The summed E-state index contributed by atoms with van der Waals surface area (Å²) in [5, 5.41) is 0. The van der Waals surface area contributed by atoms with E-state index in [1.165, 1.54) is 0 Å². The number of carbonyl (C=O) groups is 1. The van der Waals surface area contributed by atoms with Gasteiger partial charge >= 0.3 is 17.3 Å². The van der Waals surface area contributed by atoms with Crippen LogP contribution in [0, 0.1) is 5.92 Å². The van der Waals surface area contributed by atoms with Crippen molar-refractivity contribution in [2.75, 3.05) is 13.2 Å². The molecule has 0 saturated heterocycles. The van der Waals surface area contributed by atoms with E-state index in [4.69, 9.17) is 9.29 Å². The number of hydrogen-bond donors (Lipinski definition) is 2. The third-order valence-corrected chi connectivity index (χ3v) is 1.26. The highest BCUT2D eigenvalue weighted by molar-refractivity contribution is 7.74. The van der Waals surface area contributed by atoms with Gasteiger partial charge in [-0.2, -0.15) is 9.69 Å². The molecule has 0 saturated carbocycles. The molecule has 7 nitrogen and oxygen atoms in total. The Morgan fingerprint density at radius 2 is 2.21 bits per heavy atom. The van der Waals surface area contributed by atoms with E-state index in [0.29, 0.717) is 0 Å². The molecule has 0 aromatic carbocycles. The molecule has 0 bridgehead atoms. The summed E-state index contributed by atoms with van der Waals surface area (Å²) in [4.78, 5) is 14.9. The quantitative estimate of drug-likeness (QED) is 0.204.